The van der Waals surface area contributed by atoms with Crippen molar-refractivity contribution in [1.29, 1.82) is 0 Å². The first-order valence-electron chi connectivity index (χ1n) is 6.54. The van der Waals surface area contributed by atoms with Crippen LogP contribution in [0.3, 0.4) is 0 Å². The van der Waals surface area contributed by atoms with Crippen LogP contribution < -0.4 is 5.32 Å². The molecule has 0 amide bonds. The van der Waals surface area contributed by atoms with Crippen molar-refractivity contribution in [2.45, 2.75) is 19.0 Å². The summed E-state index contributed by atoms with van der Waals surface area (Å²) in [5.74, 6) is 1.05. The Kier molecular flexibility index (Phi) is 4.00. The molecule has 0 aliphatic carbocycles. The Morgan fingerprint density at radius 3 is 2.80 bits per heavy atom. The molecule has 104 valence electrons. The number of nitrogens with one attached hydrogen (secondary N) is 1. The van der Waals surface area contributed by atoms with Gasteiger partial charge >= 0.3 is 0 Å². The highest BCUT2D eigenvalue weighted by atomic mass is 32.1. The first-order valence-corrected chi connectivity index (χ1v) is 8.36. The SMILES string of the molecule is CC(NC(c1cccs1)c1nccn1C)c1ccsc1. The second kappa shape index (κ2) is 5.91. The van der Waals surface area contributed by atoms with Crippen molar-refractivity contribution in [3.05, 3.63) is 63.0 Å². The van der Waals surface area contributed by atoms with Gasteiger partial charge < -0.3 is 4.57 Å². The van der Waals surface area contributed by atoms with Gasteiger partial charge in [0, 0.05) is 30.4 Å². The van der Waals surface area contributed by atoms with E-state index >= 15 is 0 Å². The molecule has 3 aromatic rings. The lowest BCUT2D eigenvalue weighted by molar-refractivity contribution is 0.495. The molecular formula is C15H17N3S2. The Balaban J connectivity index is 1.89. The first kappa shape index (κ1) is 13.5. The van der Waals surface area contributed by atoms with Gasteiger partial charge in [-0.25, -0.2) is 4.98 Å². The highest BCUT2D eigenvalue weighted by Crippen LogP contribution is 2.28. The van der Waals surface area contributed by atoms with Gasteiger partial charge in [0.25, 0.3) is 0 Å². The third kappa shape index (κ3) is 2.70. The number of hydrogen-bond acceptors (Lipinski definition) is 4. The molecule has 2 atom stereocenters. The van der Waals surface area contributed by atoms with E-state index in [2.05, 4.69) is 56.1 Å². The zero-order chi connectivity index (χ0) is 13.9. The Morgan fingerprint density at radius 2 is 2.20 bits per heavy atom. The minimum absolute atomic E-state index is 0.130. The minimum Gasteiger partial charge on any atom is -0.336 e. The summed E-state index contributed by atoms with van der Waals surface area (Å²) in [4.78, 5) is 5.81. The summed E-state index contributed by atoms with van der Waals surface area (Å²) in [7, 11) is 2.04. The number of imidazole rings is 1. The smallest absolute Gasteiger partial charge is 0.131 e. The van der Waals surface area contributed by atoms with E-state index in [0.29, 0.717) is 6.04 Å². The van der Waals surface area contributed by atoms with Crippen LogP contribution in [0.1, 0.15) is 35.3 Å². The predicted molar refractivity (Wildman–Crippen MR) is 85.2 cm³/mol. The van der Waals surface area contributed by atoms with Crippen molar-refractivity contribution in [2.24, 2.45) is 7.05 Å². The van der Waals surface area contributed by atoms with Gasteiger partial charge in [-0.3, -0.25) is 5.32 Å². The topological polar surface area (TPSA) is 29.9 Å². The van der Waals surface area contributed by atoms with Crippen molar-refractivity contribution >= 4 is 22.7 Å². The van der Waals surface area contributed by atoms with E-state index < -0.39 is 0 Å². The van der Waals surface area contributed by atoms with Gasteiger partial charge in [-0.2, -0.15) is 11.3 Å². The first-order chi connectivity index (χ1) is 9.75. The van der Waals surface area contributed by atoms with Gasteiger partial charge in [0.15, 0.2) is 0 Å². The van der Waals surface area contributed by atoms with E-state index in [1.54, 1.807) is 22.7 Å². The second-order valence-electron chi connectivity index (χ2n) is 4.79. The molecule has 0 radical (unpaired) electrons. The summed E-state index contributed by atoms with van der Waals surface area (Å²) in [6.07, 6.45) is 3.85. The Labute approximate surface area is 126 Å². The molecule has 0 aliphatic heterocycles. The Hall–Kier alpha value is -1.43. The second-order valence-corrected chi connectivity index (χ2v) is 6.55. The van der Waals surface area contributed by atoms with Crippen LogP contribution in [-0.2, 0) is 7.05 Å². The minimum atomic E-state index is 0.130. The molecule has 2 unspecified atom stereocenters. The lowest BCUT2D eigenvalue weighted by Gasteiger charge is -2.22. The molecule has 0 saturated heterocycles. The molecular weight excluding hydrogens is 286 g/mol. The number of nitrogens with zero attached hydrogens (tertiary/aromatic N) is 2. The zero-order valence-corrected chi connectivity index (χ0v) is 13.1. The maximum absolute atomic E-state index is 4.52. The average molecular weight is 303 g/mol. The van der Waals surface area contributed by atoms with E-state index in [-0.39, 0.29) is 6.04 Å². The van der Waals surface area contributed by atoms with Crippen LogP contribution in [0.4, 0.5) is 0 Å². The van der Waals surface area contributed by atoms with E-state index in [4.69, 9.17) is 0 Å². The largest absolute Gasteiger partial charge is 0.336 e. The van der Waals surface area contributed by atoms with E-state index in [1.165, 1.54) is 10.4 Å². The van der Waals surface area contributed by atoms with E-state index in [9.17, 15) is 0 Å². The summed E-state index contributed by atoms with van der Waals surface area (Å²) < 4.78 is 2.08. The summed E-state index contributed by atoms with van der Waals surface area (Å²) in [5.41, 5.74) is 1.32. The summed E-state index contributed by atoms with van der Waals surface area (Å²) in [6, 6.07) is 6.85. The van der Waals surface area contributed by atoms with Crippen LogP contribution in [0.5, 0.6) is 0 Å². The van der Waals surface area contributed by atoms with Gasteiger partial charge in [-0.05, 0) is 40.8 Å². The number of aromatic nitrogens is 2. The molecule has 20 heavy (non-hydrogen) atoms. The highest BCUT2D eigenvalue weighted by Gasteiger charge is 2.21. The van der Waals surface area contributed by atoms with Crippen molar-refractivity contribution < 1.29 is 0 Å². The van der Waals surface area contributed by atoms with Gasteiger partial charge in [-0.1, -0.05) is 6.07 Å². The molecule has 0 fully saturated rings. The molecule has 0 aliphatic rings. The van der Waals surface area contributed by atoms with Gasteiger partial charge in [0.1, 0.15) is 11.9 Å². The van der Waals surface area contributed by atoms with Crippen LogP contribution in [0.2, 0.25) is 0 Å². The lowest BCUT2D eigenvalue weighted by Crippen LogP contribution is -2.27. The van der Waals surface area contributed by atoms with Gasteiger partial charge in [0.05, 0.1) is 0 Å². The predicted octanol–water partition coefficient (Wildman–Crippen LogP) is 3.98. The molecule has 0 aromatic carbocycles. The van der Waals surface area contributed by atoms with Gasteiger partial charge in [0.2, 0.25) is 0 Å². The van der Waals surface area contributed by atoms with Crippen LogP contribution in [0.25, 0.3) is 0 Å². The van der Waals surface area contributed by atoms with Crippen molar-refractivity contribution in [2.75, 3.05) is 0 Å². The fourth-order valence-electron chi connectivity index (χ4n) is 2.26. The molecule has 1 N–H and O–H groups in total. The maximum Gasteiger partial charge on any atom is 0.131 e. The Morgan fingerprint density at radius 1 is 1.30 bits per heavy atom. The Bertz CT molecular complexity index is 641. The van der Waals surface area contributed by atoms with Crippen molar-refractivity contribution in [3.8, 4) is 0 Å². The van der Waals surface area contributed by atoms with E-state index in [1.807, 2.05) is 19.4 Å². The summed E-state index contributed by atoms with van der Waals surface area (Å²) in [5, 5.41) is 10.1. The zero-order valence-electron chi connectivity index (χ0n) is 11.5. The fraction of sp³-hybridized carbons (Fsp3) is 0.267. The molecule has 3 heterocycles. The molecule has 0 bridgehead atoms. The van der Waals surface area contributed by atoms with Crippen molar-refractivity contribution in [3.63, 3.8) is 0 Å². The average Bonchev–Trinajstić information content (AvgIpc) is 3.18. The van der Waals surface area contributed by atoms with Crippen LogP contribution in [-0.4, -0.2) is 9.55 Å². The highest BCUT2D eigenvalue weighted by molar-refractivity contribution is 7.10. The standard InChI is InChI=1S/C15H17N3S2/c1-11(12-5-9-19-10-12)17-14(13-4-3-8-20-13)15-16-6-7-18(15)2/h3-11,14,17H,1-2H3. The summed E-state index contributed by atoms with van der Waals surface area (Å²) in [6.45, 7) is 2.20. The quantitative estimate of drug-likeness (QED) is 0.772. The number of hydrogen-bond donors (Lipinski definition) is 1. The third-order valence-electron chi connectivity index (χ3n) is 3.40. The molecule has 5 heteroatoms. The third-order valence-corrected chi connectivity index (χ3v) is 5.04. The molecule has 0 saturated carbocycles. The molecule has 3 aromatic heterocycles. The fourth-order valence-corrected chi connectivity index (χ4v) is 3.80. The summed E-state index contributed by atoms with van der Waals surface area (Å²) >= 11 is 3.50. The molecule has 0 spiro atoms. The van der Waals surface area contributed by atoms with Crippen LogP contribution in [0.15, 0.2) is 46.7 Å². The monoisotopic (exact) mass is 303 g/mol. The number of rotatable bonds is 5. The maximum atomic E-state index is 4.52. The van der Waals surface area contributed by atoms with Crippen molar-refractivity contribution in [1.82, 2.24) is 14.9 Å². The lowest BCUT2D eigenvalue weighted by atomic mass is 10.1. The normalized spacial score (nSPS) is 14.3. The van der Waals surface area contributed by atoms with Gasteiger partial charge in [-0.15, -0.1) is 11.3 Å². The number of thiophene rings is 2. The van der Waals surface area contributed by atoms with Crippen LogP contribution >= 0.6 is 22.7 Å². The van der Waals surface area contributed by atoms with Crippen LogP contribution in [0, 0.1) is 0 Å². The van der Waals surface area contributed by atoms with E-state index in [0.717, 1.165) is 5.82 Å². The number of aryl methyl sites for hydroxylation is 1. The molecule has 3 nitrogen and oxygen atoms in total. The molecule has 3 rings (SSSR count).